The SMILES string of the molecule is CC(C)CC(=O)OC1CC(C(=O)NC(N)=NCCN2CCCCCCC2)C2(C)C(CCC3(C)C2CC=C2C4C(CCC(C)C4C)CCC23C)C1(C)C. The monoisotopic (exact) mass is 721 g/mol. The van der Waals surface area contributed by atoms with Crippen molar-refractivity contribution in [1.29, 1.82) is 0 Å². The van der Waals surface area contributed by atoms with Gasteiger partial charge in [0, 0.05) is 24.3 Å². The molecule has 4 saturated carbocycles. The van der Waals surface area contributed by atoms with Crippen molar-refractivity contribution in [2.45, 2.75) is 158 Å². The summed E-state index contributed by atoms with van der Waals surface area (Å²) in [5.41, 5.74) is 7.95. The molecule has 6 aliphatic rings. The minimum Gasteiger partial charge on any atom is -0.462 e. The molecule has 52 heavy (non-hydrogen) atoms. The molecule has 7 heteroatoms. The van der Waals surface area contributed by atoms with Crippen LogP contribution < -0.4 is 11.1 Å². The molecular formula is C45H76N4O3. The van der Waals surface area contributed by atoms with E-state index in [1.165, 1.54) is 57.8 Å². The Hall–Kier alpha value is -1.89. The summed E-state index contributed by atoms with van der Waals surface area (Å²) in [6, 6.07) is 0. The zero-order valence-electron chi connectivity index (χ0n) is 34.7. The second-order valence-electron chi connectivity index (χ2n) is 20.4. The number of carbonyl (C=O) groups is 2. The molecule has 0 spiro atoms. The molecule has 1 heterocycles. The summed E-state index contributed by atoms with van der Waals surface area (Å²) < 4.78 is 6.40. The number of esters is 1. The number of fused-ring (bicyclic) bond motifs is 7. The first-order chi connectivity index (χ1) is 24.5. The molecule has 7 nitrogen and oxygen atoms in total. The average molecular weight is 721 g/mol. The van der Waals surface area contributed by atoms with Gasteiger partial charge in [0.1, 0.15) is 6.10 Å². The lowest BCUT2D eigenvalue weighted by Gasteiger charge is -2.71. The Morgan fingerprint density at radius 1 is 0.962 bits per heavy atom. The lowest BCUT2D eigenvalue weighted by molar-refractivity contribution is -0.230. The molecule has 1 aliphatic heterocycles. The highest BCUT2D eigenvalue weighted by molar-refractivity contribution is 5.97. The molecule has 0 bridgehead atoms. The zero-order valence-corrected chi connectivity index (χ0v) is 34.7. The molecule has 294 valence electrons. The van der Waals surface area contributed by atoms with Crippen molar-refractivity contribution in [2.24, 2.45) is 79.7 Å². The largest absolute Gasteiger partial charge is 0.462 e. The lowest BCUT2D eigenvalue weighted by Crippen LogP contribution is -2.68. The van der Waals surface area contributed by atoms with Crippen LogP contribution in [0.25, 0.3) is 0 Å². The minimum absolute atomic E-state index is 0.0389. The lowest BCUT2D eigenvalue weighted by atomic mass is 9.33. The van der Waals surface area contributed by atoms with E-state index in [1.54, 1.807) is 5.57 Å². The third kappa shape index (κ3) is 7.04. The first-order valence-electron chi connectivity index (χ1n) is 21.8. The van der Waals surface area contributed by atoms with Gasteiger partial charge in [-0.2, -0.15) is 0 Å². The van der Waals surface area contributed by atoms with Crippen molar-refractivity contribution in [2.75, 3.05) is 26.2 Å². The highest BCUT2D eigenvalue weighted by Gasteiger charge is 2.70. The van der Waals surface area contributed by atoms with Gasteiger partial charge >= 0.3 is 5.97 Å². The number of carbonyl (C=O) groups excluding carboxylic acids is 2. The van der Waals surface area contributed by atoms with E-state index < -0.39 is 0 Å². The van der Waals surface area contributed by atoms with Gasteiger partial charge in [-0.3, -0.25) is 19.9 Å². The Bertz CT molecular complexity index is 1360. The van der Waals surface area contributed by atoms with E-state index in [2.05, 4.69) is 78.6 Å². The maximum atomic E-state index is 14.8. The minimum atomic E-state index is -0.335. The van der Waals surface area contributed by atoms with E-state index in [0.29, 0.717) is 31.2 Å². The quantitative estimate of drug-likeness (QED) is 0.118. The Morgan fingerprint density at radius 3 is 2.35 bits per heavy atom. The normalized spacial score (nSPS) is 42.3. The van der Waals surface area contributed by atoms with E-state index in [9.17, 15) is 9.59 Å². The second kappa shape index (κ2) is 15.3. The fourth-order valence-corrected chi connectivity index (χ4v) is 13.7. The Morgan fingerprint density at radius 2 is 1.65 bits per heavy atom. The predicted molar refractivity (Wildman–Crippen MR) is 212 cm³/mol. The first kappa shape index (κ1) is 39.8. The van der Waals surface area contributed by atoms with E-state index >= 15 is 0 Å². The Balaban J connectivity index is 1.31. The molecule has 5 fully saturated rings. The Kier molecular flexibility index (Phi) is 11.7. The summed E-state index contributed by atoms with van der Waals surface area (Å²) >= 11 is 0. The van der Waals surface area contributed by atoms with Crippen LogP contribution >= 0.6 is 0 Å². The van der Waals surface area contributed by atoms with Gasteiger partial charge in [-0.15, -0.1) is 0 Å². The number of rotatable bonds is 7. The van der Waals surface area contributed by atoms with Crippen LogP contribution in [-0.4, -0.2) is 55.0 Å². The van der Waals surface area contributed by atoms with E-state index in [-0.39, 0.29) is 63.4 Å². The van der Waals surface area contributed by atoms with Gasteiger partial charge in [-0.25, -0.2) is 0 Å². The summed E-state index contributed by atoms with van der Waals surface area (Å²) in [7, 11) is 0. The van der Waals surface area contributed by atoms with Crippen LogP contribution in [0.4, 0.5) is 0 Å². The zero-order chi connectivity index (χ0) is 37.6. The average Bonchev–Trinajstić information content (AvgIpc) is 3.04. The molecule has 3 N–H and O–H groups in total. The number of hydrogen-bond donors (Lipinski definition) is 2. The third-order valence-electron chi connectivity index (χ3n) is 17.0. The van der Waals surface area contributed by atoms with Crippen LogP contribution in [0.1, 0.15) is 152 Å². The number of amides is 1. The van der Waals surface area contributed by atoms with Crippen LogP contribution in [0.5, 0.6) is 0 Å². The molecule has 0 aromatic heterocycles. The maximum absolute atomic E-state index is 14.8. The summed E-state index contributed by atoms with van der Waals surface area (Å²) in [5, 5.41) is 3.14. The smallest absolute Gasteiger partial charge is 0.306 e. The molecule has 0 aromatic rings. The van der Waals surface area contributed by atoms with Crippen LogP contribution in [0.3, 0.4) is 0 Å². The number of nitrogens with zero attached hydrogens (tertiary/aromatic N) is 2. The van der Waals surface area contributed by atoms with E-state index in [0.717, 1.165) is 56.7 Å². The highest BCUT2D eigenvalue weighted by atomic mass is 16.5. The number of nitrogens with one attached hydrogen (secondary N) is 1. The summed E-state index contributed by atoms with van der Waals surface area (Å²) in [4.78, 5) is 35.3. The molecular weight excluding hydrogens is 645 g/mol. The maximum Gasteiger partial charge on any atom is 0.306 e. The van der Waals surface area contributed by atoms with Crippen molar-refractivity contribution >= 4 is 17.8 Å². The molecule has 6 rings (SSSR count). The number of allylic oxidation sites excluding steroid dienone is 2. The summed E-state index contributed by atoms with van der Waals surface area (Å²) in [6.07, 6.45) is 18.3. The van der Waals surface area contributed by atoms with Crippen molar-refractivity contribution in [1.82, 2.24) is 10.2 Å². The molecule has 11 atom stereocenters. The van der Waals surface area contributed by atoms with Crippen LogP contribution in [0.2, 0.25) is 0 Å². The fraction of sp³-hybridized carbons (Fsp3) is 0.889. The number of likely N-dealkylation sites (tertiary alicyclic amines) is 1. The summed E-state index contributed by atoms with van der Waals surface area (Å²) in [6.45, 7) is 25.2. The van der Waals surface area contributed by atoms with Gasteiger partial charge in [-0.1, -0.05) is 99.6 Å². The molecule has 5 aliphatic carbocycles. The van der Waals surface area contributed by atoms with E-state index in [1.807, 2.05) is 0 Å². The number of guanidine groups is 1. The summed E-state index contributed by atoms with van der Waals surface area (Å²) in [5.74, 6) is 3.50. The van der Waals surface area contributed by atoms with Crippen molar-refractivity contribution in [3.8, 4) is 0 Å². The van der Waals surface area contributed by atoms with Gasteiger partial charge in [0.25, 0.3) is 0 Å². The van der Waals surface area contributed by atoms with Gasteiger partial charge in [0.2, 0.25) is 5.91 Å². The molecule has 0 radical (unpaired) electrons. The highest BCUT2D eigenvalue weighted by Crippen LogP contribution is 2.75. The number of aliphatic imine (C=N–C) groups is 1. The van der Waals surface area contributed by atoms with Crippen molar-refractivity contribution in [3.05, 3.63) is 11.6 Å². The van der Waals surface area contributed by atoms with Gasteiger partial charge in [-0.05, 0) is 129 Å². The first-order valence-corrected chi connectivity index (χ1v) is 21.8. The van der Waals surface area contributed by atoms with Crippen molar-refractivity contribution in [3.63, 3.8) is 0 Å². The number of ether oxygens (including phenoxy) is 1. The van der Waals surface area contributed by atoms with Gasteiger partial charge in [0.15, 0.2) is 5.96 Å². The standard InChI is InChI=1S/C45H76N4O3/c1-29(2)27-38(50)52-37-28-34(40(51)48-41(46)47-23-26-49-24-13-11-10-12-14-25-49)45(9)35(42(37,5)6)20-22-44(8)36(45)18-17-33-39-31(4)30(3)15-16-32(39)19-21-43(33,44)7/h17,29-32,34-37,39H,10-16,18-28H2,1-9H3,(H3,46,47,48,51). The third-order valence-corrected chi connectivity index (χ3v) is 17.0. The molecule has 0 aromatic carbocycles. The van der Waals surface area contributed by atoms with Crippen LogP contribution in [0.15, 0.2) is 16.6 Å². The fourth-order valence-electron chi connectivity index (χ4n) is 13.7. The van der Waals surface area contributed by atoms with Crippen molar-refractivity contribution < 1.29 is 14.3 Å². The second-order valence-corrected chi connectivity index (χ2v) is 20.4. The molecule has 11 unspecified atom stereocenters. The van der Waals surface area contributed by atoms with Gasteiger partial charge in [0.05, 0.1) is 6.54 Å². The van der Waals surface area contributed by atoms with Gasteiger partial charge < -0.3 is 15.4 Å². The predicted octanol–water partition coefficient (Wildman–Crippen LogP) is 9.15. The Labute approximate surface area is 317 Å². The molecule has 1 saturated heterocycles. The topological polar surface area (TPSA) is 97.0 Å². The number of hydrogen-bond acceptors (Lipinski definition) is 5. The number of nitrogens with two attached hydrogens (primary N) is 1. The van der Waals surface area contributed by atoms with Crippen LogP contribution in [-0.2, 0) is 14.3 Å². The molecule has 1 amide bonds. The van der Waals surface area contributed by atoms with Crippen LogP contribution in [0, 0.1) is 69.0 Å². The van der Waals surface area contributed by atoms with E-state index in [4.69, 9.17) is 15.5 Å².